The van der Waals surface area contributed by atoms with E-state index in [4.69, 9.17) is 13.8 Å². The third kappa shape index (κ3) is 57.9. The molecule has 1 amide bonds. The number of phosphoric ester groups is 1. The number of nitrogens with one attached hydrogen (secondary N) is 1. The molecule has 9 nitrogen and oxygen atoms in total. The van der Waals surface area contributed by atoms with Crippen molar-refractivity contribution in [3.63, 3.8) is 0 Å². The van der Waals surface area contributed by atoms with Crippen molar-refractivity contribution in [1.82, 2.24) is 5.32 Å². The van der Waals surface area contributed by atoms with Crippen molar-refractivity contribution in [1.29, 1.82) is 0 Å². The molecule has 10 heteroatoms. The van der Waals surface area contributed by atoms with Crippen LogP contribution in [0.25, 0.3) is 0 Å². The third-order valence-corrected chi connectivity index (χ3v) is 15.0. The van der Waals surface area contributed by atoms with Crippen LogP contribution in [0.5, 0.6) is 0 Å². The van der Waals surface area contributed by atoms with E-state index in [0.717, 1.165) is 96.3 Å². The first kappa shape index (κ1) is 75.2. The van der Waals surface area contributed by atoms with E-state index in [2.05, 4.69) is 99.0 Å². The summed E-state index contributed by atoms with van der Waals surface area (Å²) >= 11 is 0. The van der Waals surface area contributed by atoms with E-state index in [0.29, 0.717) is 17.4 Å². The lowest BCUT2D eigenvalue weighted by Gasteiger charge is -2.27. The molecule has 0 bridgehead atoms. The second-order valence-electron chi connectivity index (χ2n) is 22.9. The van der Waals surface area contributed by atoms with Gasteiger partial charge >= 0.3 is 13.8 Å². The number of nitrogens with zero attached hydrogens (tertiary/aromatic N) is 1. The van der Waals surface area contributed by atoms with Crippen molar-refractivity contribution >= 4 is 19.7 Å². The second-order valence-corrected chi connectivity index (χ2v) is 24.4. The number of ether oxygens (including phenoxy) is 1. The molecule has 0 aliphatic carbocycles. The molecule has 0 fully saturated rings. The predicted octanol–water partition coefficient (Wildman–Crippen LogP) is 20.2. The zero-order valence-corrected chi connectivity index (χ0v) is 52.5. The first-order valence-corrected chi connectivity index (χ1v) is 33.9. The van der Waals surface area contributed by atoms with Gasteiger partial charge < -0.3 is 19.4 Å². The summed E-state index contributed by atoms with van der Waals surface area (Å²) in [5.74, 6) is -0.533. The molecule has 0 saturated carbocycles. The average molecular weight is 1110 g/mol. The van der Waals surface area contributed by atoms with Gasteiger partial charge in [-0.3, -0.25) is 18.6 Å². The minimum absolute atomic E-state index is 0.0320. The van der Waals surface area contributed by atoms with Crippen LogP contribution in [0.4, 0.5) is 0 Å². The molecule has 452 valence electrons. The first-order valence-electron chi connectivity index (χ1n) is 32.4. The van der Waals surface area contributed by atoms with Crippen LogP contribution in [0.15, 0.2) is 85.1 Å². The van der Waals surface area contributed by atoms with Gasteiger partial charge in [-0.2, -0.15) is 0 Å². The van der Waals surface area contributed by atoms with Gasteiger partial charge in [-0.25, -0.2) is 4.57 Å². The number of esters is 1. The van der Waals surface area contributed by atoms with Crippen molar-refractivity contribution < 1.29 is 37.3 Å². The average Bonchev–Trinajstić information content (AvgIpc) is 3.40. The fourth-order valence-electron chi connectivity index (χ4n) is 9.01. The molecule has 0 saturated heterocycles. The Morgan fingerprint density at radius 1 is 0.449 bits per heavy atom. The minimum atomic E-state index is -4.46. The number of quaternary nitrogens is 1. The van der Waals surface area contributed by atoms with Crippen LogP contribution in [0, 0.1) is 0 Å². The molecule has 0 spiro atoms. The number of amides is 1. The fraction of sp³-hybridized carbons (Fsp3) is 0.765. The smallest absolute Gasteiger partial charge is 0.456 e. The highest BCUT2D eigenvalue weighted by Crippen LogP contribution is 2.43. The lowest BCUT2D eigenvalue weighted by Crippen LogP contribution is -2.47. The highest BCUT2D eigenvalue weighted by atomic mass is 31.2. The van der Waals surface area contributed by atoms with Gasteiger partial charge in [0, 0.05) is 12.8 Å². The van der Waals surface area contributed by atoms with E-state index in [1.54, 1.807) is 0 Å². The van der Waals surface area contributed by atoms with E-state index in [-0.39, 0.29) is 31.5 Å². The molecule has 0 rings (SSSR count). The van der Waals surface area contributed by atoms with Crippen LogP contribution in [-0.4, -0.2) is 74.3 Å². The van der Waals surface area contributed by atoms with E-state index in [1.165, 1.54) is 154 Å². The molecule has 0 aliphatic heterocycles. The molecule has 0 aromatic heterocycles. The maximum Gasteiger partial charge on any atom is 0.472 e. The summed E-state index contributed by atoms with van der Waals surface area (Å²) in [6.07, 6.45) is 75.8. The lowest BCUT2D eigenvalue weighted by molar-refractivity contribution is -0.870. The monoisotopic (exact) mass is 1110 g/mol. The zero-order chi connectivity index (χ0) is 57.2. The summed E-state index contributed by atoms with van der Waals surface area (Å²) in [5.41, 5.74) is 0. The van der Waals surface area contributed by atoms with Crippen LogP contribution in [0.1, 0.15) is 284 Å². The SMILES string of the molecule is CCCCC/C=C\C/C=C\C/C=C\CCCCCCCCCCCCC(=O)OC(/C=C\CCCCCCCCCCCC)C(COP(=O)(O)OCC[N+](C)(C)C)NC(=O)CCCCCC/C=C\C/C=C\C/C=C\CCCCC. The van der Waals surface area contributed by atoms with E-state index in [1.807, 2.05) is 33.3 Å². The molecule has 2 N–H and O–H groups in total. The number of carbonyl (C=O) groups is 2. The van der Waals surface area contributed by atoms with Crippen LogP contribution >= 0.6 is 7.82 Å². The zero-order valence-electron chi connectivity index (χ0n) is 51.6. The summed E-state index contributed by atoms with van der Waals surface area (Å²) in [7, 11) is 1.47. The van der Waals surface area contributed by atoms with Gasteiger partial charge in [0.2, 0.25) is 5.91 Å². The molecule has 3 unspecified atom stereocenters. The van der Waals surface area contributed by atoms with Crippen molar-refractivity contribution in [3.05, 3.63) is 85.1 Å². The Morgan fingerprint density at radius 3 is 1.19 bits per heavy atom. The van der Waals surface area contributed by atoms with E-state index < -0.39 is 20.0 Å². The van der Waals surface area contributed by atoms with Gasteiger partial charge in [-0.05, 0) is 109 Å². The highest BCUT2D eigenvalue weighted by molar-refractivity contribution is 7.47. The minimum Gasteiger partial charge on any atom is -0.456 e. The normalized spacial score (nSPS) is 14.2. The third-order valence-electron chi connectivity index (χ3n) is 14.1. The number of rotatable bonds is 58. The highest BCUT2D eigenvalue weighted by Gasteiger charge is 2.30. The van der Waals surface area contributed by atoms with Gasteiger partial charge in [0.05, 0.1) is 33.8 Å². The van der Waals surface area contributed by atoms with Crippen molar-refractivity contribution in [2.75, 3.05) is 40.9 Å². The Labute approximate surface area is 482 Å². The molecule has 78 heavy (non-hydrogen) atoms. The number of carbonyl (C=O) groups excluding carboxylic acids is 2. The first-order chi connectivity index (χ1) is 37.9. The Kier molecular flexibility index (Phi) is 55.4. The Hall–Kier alpha value is -2.81. The van der Waals surface area contributed by atoms with E-state index >= 15 is 0 Å². The van der Waals surface area contributed by atoms with Crippen molar-refractivity contribution in [3.8, 4) is 0 Å². The summed E-state index contributed by atoms with van der Waals surface area (Å²) in [5, 5.41) is 3.05. The molecule has 0 aromatic rings. The topological polar surface area (TPSA) is 111 Å². The van der Waals surface area contributed by atoms with Crippen LogP contribution < -0.4 is 5.32 Å². The largest absolute Gasteiger partial charge is 0.472 e. The van der Waals surface area contributed by atoms with Gasteiger partial charge in [0.15, 0.2) is 0 Å². The fourth-order valence-corrected chi connectivity index (χ4v) is 9.75. The van der Waals surface area contributed by atoms with Gasteiger partial charge in [0.1, 0.15) is 19.3 Å². The molecular formula is C68H124N2O7P+. The Morgan fingerprint density at radius 2 is 0.782 bits per heavy atom. The van der Waals surface area contributed by atoms with Gasteiger partial charge in [-0.1, -0.05) is 247 Å². The molecule has 0 aliphatic rings. The number of hydrogen-bond donors (Lipinski definition) is 2. The van der Waals surface area contributed by atoms with Crippen molar-refractivity contribution in [2.24, 2.45) is 0 Å². The second kappa shape index (κ2) is 57.4. The quantitative estimate of drug-likeness (QED) is 0.0205. The molecule has 0 aromatic carbocycles. The van der Waals surface area contributed by atoms with Crippen LogP contribution in [0.2, 0.25) is 0 Å². The standard InChI is InChI=1S/C68H123N2O7P/c1-7-10-13-16-19-22-25-28-30-32-33-34-35-36-37-39-41-43-46-49-52-55-58-61-68(72)77-66(59-56-53-50-47-44-27-24-21-18-15-12-9-3)65(64-76-78(73,74)75-63-62-70(4,5)6)69-67(71)60-57-54-51-48-45-42-40-38-31-29-26-23-20-17-14-11-8-2/h19-20,22-23,28-31,33-34,40,42,56,59,65-66H,7-18,21,24-27,32,35-39,41,43-55,57-58,60-64H2,1-6H3,(H-,69,71,73,74)/p+1/b22-19-,23-20-,30-28-,31-29-,34-33-,42-40-,59-56-. The van der Waals surface area contributed by atoms with Crippen LogP contribution in [0.3, 0.4) is 0 Å². The summed E-state index contributed by atoms with van der Waals surface area (Å²) in [4.78, 5) is 37.8. The number of allylic oxidation sites excluding steroid dienone is 13. The number of unbranched alkanes of at least 4 members (excludes halogenated alkanes) is 30. The van der Waals surface area contributed by atoms with Gasteiger partial charge in [-0.15, -0.1) is 0 Å². The Balaban J connectivity index is 5.22. The molecule has 3 atom stereocenters. The summed E-state index contributed by atoms with van der Waals surface area (Å²) in [6.45, 7) is 6.94. The predicted molar refractivity (Wildman–Crippen MR) is 337 cm³/mol. The number of likely N-dealkylation sites (N-methyl/N-ethyl adjacent to an activating group) is 1. The molecule has 0 heterocycles. The Bertz CT molecular complexity index is 1610. The molecule has 0 radical (unpaired) electrons. The van der Waals surface area contributed by atoms with E-state index in [9.17, 15) is 19.0 Å². The number of hydrogen-bond acceptors (Lipinski definition) is 6. The lowest BCUT2D eigenvalue weighted by atomic mass is 10.0. The summed E-state index contributed by atoms with van der Waals surface area (Å²) < 4.78 is 30.7. The maximum atomic E-state index is 13.5. The summed E-state index contributed by atoms with van der Waals surface area (Å²) in [6, 6.07) is -0.866. The van der Waals surface area contributed by atoms with Crippen LogP contribution in [-0.2, 0) is 27.9 Å². The maximum absolute atomic E-state index is 13.5. The van der Waals surface area contributed by atoms with Gasteiger partial charge in [0.25, 0.3) is 0 Å². The number of phosphoric acid groups is 1. The molecular weight excluding hydrogens is 988 g/mol. The van der Waals surface area contributed by atoms with Crippen molar-refractivity contribution in [2.45, 2.75) is 296 Å².